The standard InChI is InChI=1S/C24H43N7O.HI/c1-5-26-24(29-19(4)10-9-15-30(6-2)7-3)28-18-21-11-8-14-27-23(21)31-16-12-20(13-17-31)22(25)32;/h8,11,14,19-20H,5-7,9-10,12-13,15-18H2,1-4H3,(H2,25,32)(H2,26,28,29);1H. The van der Waals surface area contributed by atoms with E-state index >= 15 is 0 Å². The molecule has 1 amide bonds. The average Bonchev–Trinajstić information content (AvgIpc) is 2.80. The molecule has 0 bridgehead atoms. The van der Waals surface area contributed by atoms with Crippen molar-refractivity contribution in [3.05, 3.63) is 23.9 Å². The van der Waals surface area contributed by atoms with Crippen molar-refractivity contribution in [1.82, 2.24) is 20.5 Å². The summed E-state index contributed by atoms with van der Waals surface area (Å²) < 4.78 is 0. The van der Waals surface area contributed by atoms with Crippen LogP contribution in [-0.2, 0) is 11.3 Å². The fraction of sp³-hybridized carbons (Fsp3) is 0.708. The van der Waals surface area contributed by atoms with E-state index in [2.05, 4.69) is 59.2 Å². The van der Waals surface area contributed by atoms with E-state index in [-0.39, 0.29) is 35.8 Å². The van der Waals surface area contributed by atoms with Crippen LogP contribution in [0.15, 0.2) is 23.3 Å². The minimum absolute atomic E-state index is 0. The lowest BCUT2D eigenvalue weighted by molar-refractivity contribution is -0.122. The number of guanidine groups is 1. The second-order valence-electron chi connectivity index (χ2n) is 8.56. The molecule has 0 aromatic carbocycles. The molecule has 1 saturated heterocycles. The quantitative estimate of drug-likeness (QED) is 0.202. The summed E-state index contributed by atoms with van der Waals surface area (Å²) in [4.78, 5) is 25.7. The lowest BCUT2D eigenvalue weighted by Crippen LogP contribution is -2.42. The lowest BCUT2D eigenvalue weighted by Gasteiger charge is -2.32. The van der Waals surface area contributed by atoms with Crippen molar-refractivity contribution in [1.29, 1.82) is 0 Å². The zero-order valence-corrected chi connectivity index (χ0v) is 23.2. The number of nitrogens with two attached hydrogens (primary N) is 1. The third-order valence-electron chi connectivity index (χ3n) is 6.21. The molecule has 9 heteroatoms. The van der Waals surface area contributed by atoms with E-state index in [1.165, 1.54) is 6.42 Å². The molecule has 0 aliphatic carbocycles. The predicted molar refractivity (Wildman–Crippen MR) is 148 cm³/mol. The van der Waals surface area contributed by atoms with Gasteiger partial charge in [0.15, 0.2) is 5.96 Å². The molecule has 33 heavy (non-hydrogen) atoms. The maximum Gasteiger partial charge on any atom is 0.220 e. The summed E-state index contributed by atoms with van der Waals surface area (Å²) in [5, 5.41) is 6.92. The average molecular weight is 574 g/mol. The molecule has 188 valence electrons. The number of primary amides is 1. The molecular formula is C24H44IN7O. The Bertz CT molecular complexity index is 719. The molecule has 1 aromatic heterocycles. The SMILES string of the molecule is CCNC(=NCc1cccnc1N1CCC(C(N)=O)CC1)NC(C)CCCN(CC)CC.I. The molecular weight excluding hydrogens is 529 g/mol. The van der Waals surface area contributed by atoms with Crippen LogP contribution in [0.3, 0.4) is 0 Å². The van der Waals surface area contributed by atoms with Crippen LogP contribution in [0.4, 0.5) is 5.82 Å². The van der Waals surface area contributed by atoms with E-state index in [0.717, 1.165) is 75.9 Å². The Kier molecular flexibility index (Phi) is 14.3. The second-order valence-corrected chi connectivity index (χ2v) is 8.56. The molecule has 2 rings (SSSR count). The second kappa shape index (κ2) is 16.1. The highest BCUT2D eigenvalue weighted by Gasteiger charge is 2.24. The number of amides is 1. The number of piperidine rings is 1. The summed E-state index contributed by atoms with van der Waals surface area (Å²) >= 11 is 0. The van der Waals surface area contributed by atoms with Crippen LogP contribution in [0.2, 0.25) is 0 Å². The molecule has 0 spiro atoms. The first-order valence-electron chi connectivity index (χ1n) is 12.2. The topological polar surface area (TPSA) is 98.9 Å². The maximum atomic E-state index is 11.5. The van der Waals surface area contributed by atoms with Gasteiger partial charge >= 0.3 is 0 Å². The summed E-state index contributed by atoms with van der Waals surface area (Å²) in [6.07, 6.45) is 5.66. The summed E-state index contributed by atoms with van der Waals surface area (Å²) in [5.41, 5.74) is 6.58. The summed E-state index contributed by atoms with van der Waals surface area (Å²) in [5.74, 6) is 1.58. The van der Waals surface area contributed by atoms with Crippen molar-refractivity contribution in [2.45, 2.75) is 66.0 Å². The molecule has 8 nitrogen and oxygen atoms in total. The molecule has 1 atom stereocenters. The van der Waals surface area contributed by atoms with E-state index in [4.69, 9.17) is 10.7 Å². The van der Waals surface area contributed by atoms with Gasteiger partial charge in [-0.1, -0.05) is 19.9 Å². The first kappa shape index (κ1) is 29.4. The van der Waals surface area contributed by atoms with Crippen molar-refractivity contribution in [3.8, 4) is 0 Å². The van der Waals surface area contributed by atoms with Crippen LogP contribution < -0.4 is 21.3 Å². The number of carbonyl (C=O) groups is 1. The zero-order valence-electron chi connectivity index (χ0n) is 20.8. The van der Waals surface area contributed by atoms with Crippen LogP contribution in [0, 0.1) is 5.92 Å². The van der Waals surface area contributed by atoms with Gasteiger partial charge in [-0.3, -0.25) is 4.79 Å². The largest absolute Gasteiger partial charge is 0.369 e. The summed E-state index contributed by atoms with van der Waals surface area (Å²) in [6, 6.07) is 4.40. The van der Waals surface area contributed by atoms with Gasteiger partial charge in [0.1, 0.15) is 5.82 Å². The summed E-state index contributed by atoms with van der Waals surface area (Å²) in [7, 11) is 0. The number of aromatic nitrogens is 1. The Morgan fingerprint density at radius 1 is 1.30 bits per heavy atom. The van der Waals surface area contributed by atoms with Crippen molar-refractivity contribution in [3.63, 3.8) is 0 Å². The first-order chi connectivity index (χ1) is 15.5. The van der Waals surface area contributed by atoms with Gasteiger partial charge in [-0.05, 0) is 65.2 Å². The number of aliphatic imine (C=N–C) groups is 1. The molecule has 2 heterocycles. The van der Waals surface area contributed by atoms with E-state index < -0.39 is 0 Å². The first-order valence-corrected chi connectivity index (χ1v) is 12.2. The van der Waals surface area contributed by atoms with Crippen LogP contribution in [0.25, 0.3) is 0 Å². The van der Waals surface area contributed by atoms with Gasteiger partial charge in [0, 0.05) is 43.4 Å². The highest BCUT2D eigenvalue weighted by Crippen LogP contribution is 2.24. The minimum Gasteiger partial charge on any atom is -0.369 e. The number of carbonyl (C=O) groups excluding carboxylic acids is 1. The van der Waals surface area contributed by atoms with Gasteiger partial charge in [-0.25, -0.2) is 9.98 Å². The van der Waals surface area contributed by atoms with Crippen molar-refractivity contribution < 1.29 is 4.79 Å². The maximum absolute atomic E-state index is 11.5. The summed E-state index contributed by atoms with van der Waals surface area (Å²) in [6.45, 7) is 15.0. The number of hydrogen-bond donors (Lipinski definition) is 3. The van der Waals surface area contributed by atoms with Gasteiger partial charge in [0.2, 0.25) is 5.91 Å². The van der Waals surface area contributed by atoms with Crippen molar-refractivity contribution in [2.24, 2.45) is 16.6 Å². The predicted octanol–water partition coefficient (Wildman–Crippen LogP) is 2.97. The molecule has 0 radical (unpaired) electrons. The Labute approximate surface area is 217 Å². The van der Waals surface area contributed by atoms with Gasteiger partial charge < -0.3 is 26.2 Å². The van der Waals surface area contributed by atoms with E-state index in [9.17, 15) is 4.79 Å². The van der Waals surface area contributed by atoms with E-state index in [0.29, 0.717) is 12.6 Å². The molecule has 1 aliphatic heterocycles. The molecule has 0 saturated carbocycles. The van der Waals surface area contributed by atoms with Gasteiger partial charge in [0.05, 0.1) is 6.54 Å². The lowest BCUT2D eigenvalue weighted by atomic mass is 9.96. The van der Waals surface area contributed by atoms with Crippen LogP contribution in [0.1, 0.15) is 58.9 Å². The number of anilines is 1. The van der Waals surface area contributed by atoms with Gasteiger partial charge in [-0.2, -0.15) is 0 Å². The monoisotopic (exact) mass is 573 g/mol. The molecule has 1 aliphatic rings. The Morgan fingerprint density at radius 2 is 2.00 bits per heavy atom. The normalized spacial score (nSPS) is 15.8. The van der Waals surface area contributed by atoms with Crippen LogP contribution in [-0.4, -0.2) is 67.1 Å². The number of hydrogen-bond acceptors (Lipinski definition) is 5. The number of pyridine rings is 1. The van der Waals surface area contributed by atoms with Crippen LogP contribution in [0.5, 0.6) is 0 Å². The Balaban J connectivity index is 0.00000544. The van der Waals surface area contributed by atoms with E-state index in [1.54, 1.807) is 0 Å². The highest BCUT2D eigenvalue weighted by molar-refractivity contribution is 14.0. The third-order valence-corrected chi connectivity index (χ3v) is 6.21. The Morgan fingerprint density at radius 3 is 2.61 bits per heavy atom. The zero-order chi connectivity index (χ0) is 23.3. The number of nitrogens with one attached hydrogen (secondary N) is 2. The third kappa shape index (κ3) is 10.0. The van der Waals surface area contributed by atoms with Crippen molar-refractivity contribution >= 4 is 41.7 Å². The smallest absolute Gasteiger partial charge is 0.220 e. The fourth-order valence-electron chi connectivity index (χ4n) is 4.16. The Hall–Kier alpha value is -1.62. The molecule has 1 fully saturated rings. The highest BCUT2D eigenvalue weighted by atomic mass is 127. The molecule has 1 unspecified atom stereocenters. The fourth-order valence-corrected chi connectivity index (χ4v) is 4.16. The number of halogens is 1. The van der Waals surface area contributed by atoms with Gasteiger partial charge in [-0.15, -0.1) is 24.0 Å². The minimum atomic E-state index is -0.192. The van der Waals surface area contributed by atoms with Crippen molar-refractivity contribution in [2.75, 3.05) is 44.2 Å². The van der Waals surface area contributed by atoms with Gasteiger partial charge in [0.25, 0.3) is 0 Å². The van der Waals surface area contributed by atoms with Crippen LogP contribution >= 0.6 is 24.0 Å². The number of nitrogens with zero attached hydrogens (tertiary/aromatic N) is 4. The number of rotatable bonds is 12. The molecule has 1 aromatic rings. The van der Waals surface area contributed by atoms with E-state index in [1.807, 2.05) is 12.3 Å². The molecule has 4 N–H and O–H groups in total.